The van der Waals surface area contributed by atoms with Crippen LogP contribution < -0.4 is 4.72 Å². The van der Waals surface area contributed by atoms with Gasteiger partial charge in [0.1, 0.15) is 0 Å². The topological polar surface area (TPSA) is 46.2 Å². The lowest BCUT2D eigenvalue weighted by atomic mass is 10.3. The molecule has 12 heavy (non-hydrogen) atoms. The maximum absolute atomic E-state index is 11.0. The number of halogens is 1. The Morgan fingerprint density at radius 3 is 2.58 bits per heavy atom. The Kier molecular flexibility index (Phi) is 3.55. The average Bonchev–Trinajstić information content (AvgIpc) is 2.83. The first-order valence-electron chi connectivity index (χ1n) is 4.16. The fourth-order valence-electron chi connectivity index (χ4n) is 0.933. The highest BCUT2D eigenvalue weighted by Crippen LogP contribution is 2.36. The summed E-state index contributed by atoms with van der Waals surface area (Å²) in [6.07, 6.45) is 2.45. The van der Waals surface area contributed by atoms with Crippen molar-refractivity contribution >= 4 is 26.0 Å². The average molecular weight is 256 g/mol. The van der Waals surface area contributed by atoms with Crippen molar-refractivity contribution in [2.75, 3.05) is 12.3 Å². The Morgan fingerprint density at radius 1 is 1.58 bits per heavy atom. The minimum absolute atomic E-state index is 0.164. The predicted octanol–water partition coefficient (Wildman–Crippen LogP) is 1.10. The van der Waals surface area contributed by atoms with Crippen LogP contribution in [0, 0.1) is 5.92 Å². The highest BCUT2D eigenvalue weighted by molar-refractivity contribution is 9.09. The highest BCUT2D eigenvalue weighted by Gasteiger charge is 2.29. The Bertz CT molecular complexity index is 236. The van der Waals surface area contributed by atoms with Crippen molar-refractivity contribution in [1.29, 1.82) is 0 Å². The summed E-state index contributed by atoms with van der Waals surface area (Å²) in [7, 11) is -3.00. The summed E-state index contributed by atoms with van der Waals surface area (Å²) in [5.74, 6) is 0.849. The van der Waals surface area contributed by atoms with Gasteiger partial charge in [-0.1, -0.05) is 15.9 Å². The third kappa shape index (κ3) is 3.41. The zero-order valence-corrected chi connectivity index (χ0v) is 9.49. The molecule has 3 nitrogen and oxygen atoms in total. The van der Waals surface area contributed by atoms with Gasteiger partial charge in [-0.25, -0.2) is 13.1 Å². The van der Waals surface area contributed by atoms with Crippen LogP contribution >= 0.6 is 15.9 Å². The van der Waals surface area contributed by atoms with E-state index in [4.69, 9.17) is 0 Å². The number of hydrogen-bond donors (Lipinski definition) is 1. The SMILES string of the molecule is CCS(=O)(=O)NCC(Br)C1CC1. The molecule has 1 aliphatic rings. The molecular formula is C7H14BrNO2S. The summed E-state index contributed by atoms with van der Waals surface area (Å²) < 4.78 is 24.6. The number of nitrogens with one attached hydrogen (secondary N) is 1. The molecule has 0 heterocycles. The molecule has 1 rings (SSSR count). The summed E-state index contributed by atoms with van der Waals surface area (Å²) in [6, 6.07) is 0. The van der Waals surface area contributed by atoms with Crippen LogP contribution in [0.15, 0.2) is 0 Å². The fourth-order valence-corrected chi connectivity index (χ4v) is 2.48. The first-order valence-corrected chi connectivity index (χ1v) is 6.73. The monoisotopic (exact) mass is 255 g/mol. The molecular weight excluding hydrogens is 242 g/mol. The van der Waals surface area contributed by atoms with Crippen LogP contribution in [0.2, 0.25) is 0 Å². The lowest BCUT2D eigenvalue weighted by molar-refractivity contribution is 0.579. The molecule has 0 aromatic rings. The molecule has 1 N–H and O–H groups in total. The van der Waals surface area contributed by atoms with Gasteiger partial charge in [0.2, 0.25) is 10.0 Å². The van der Waals surface area contributed by atoms with E-state index < -0.39 is 10.0 Å². The van der Waals surface area contributed by atoms with Crippen molar-refractivity contribution in [1.82, 2.24) is 4.72 Å². The van der Waals surface area contributed by atoms with Gasteiger partial charge >= 0.3 is 0 Å². The third-order valence-corrected chi connectivity index (χ3v) is 4.45. The van der Waals surface area contributed by atoms with Gasteiger partial charge in [0.15, 0.2) is 0 Å². The van der Waals surface area contributed by atoms with Gasteiger partial charge in [0.25, 0.3) is 0 Å². The summed E-state index contributed by atoms with van der Waals surface area (Å²) in [6.45, 7) is 2.17. The van der Waals surface area contributed by atoms with Gasteiger partial charge in [-0.3, -0.25) is 0 Å². The summed E-state index contributed by atoms with van der Waals surface area (Å²) in [5, 5.41) is 0. The van der Waals surface area contributed by atoms with E-state index in [-0.39, 0.29) is 5.75 Å². The van der Waals surface area contributed by atoms with Crippen molar-refractivity contribution in [2.24, 2.45) is 5.92 Å². The molecule has 1 atom stereocenters. The minimum atomic E-state index is -3.00. The van der Waals surface area contributed by atoms with Gasteiger partial charge < -0.3 is 0 Å². The lowest BCUT2D eigenvalue weighted by Gasteiger charge is -2.08. The molecule has 0 bridgehead atoms. The smallest absolute Gasteiger partial charge is 0.211 e. The van der Waals surface area contributed by atoms with Gasteiger partial charge in [-0.15, -0.1) is 0 Å². The first kappa shape index (κ1) is 10.5. The number of hydrogen-bond acceptors (Lipinski definition) is 2. The summed E-state index contributed by atoms with van der Waals surface area (Å²) >= 11 is 3.46. The van der Waals surface area contributed by atoms with Crippen LogP contribution in [-0.4, -0.2) is 25.5 Å². The van der Waals surface area contributed by atoms with Crippen molar-refractivity contribution < 1.29 is 8.42 Å². The maximum Gasteiger partial charge on any atom is 0.211 e. The van der Waals surface area contributed by atoms with Crippen molar-refractivity contribution in [3.05, 3.63) is 0 Å². The van der Waals surface area contributed by atoms with E-state index in [9.17, 15) is 8.42 Å². The first-order chi connectivity index (χ1) is 5.55. The Labute approximate surface area is 82.1 Å². The predicted molar refractivity (Wildman–Crippen MR) is 52.9 cm³/mol. The largest absolute Gasteiger partial charge is 0.214 e. The summed E-state index contributed by atoms with van der Waals surface area (Å²) in [5.41, 5.74) is 0. The molecule has 1 fully saturated rings. The van der Waals surface area contributed by atoms with Crippen LogP contribution in [0.25, 0.3) is 0 Å². The number of rotatable bonds is 5. The van der Waals surface area contributed by atoms with E-state index in [1.165, 1.54) is 12.8 Å². The second kappa shape index (κ2) is 4.07. The van der Waals surface area contributed by atoms with Gasteiger partial charge in [0, 0.05) is 11.4 Å². The van der Waals surface area contributed by atoms with Crippen LogP contribution in [-0.2, 0) is 10.0 Å². The molecule has 1 aliphatic carbocycles. The maximum atomic E-state index is 11.0. The third-order valence-electron chi connectivity index (χ3n) is 2.01. The molecule has 0 aromatic carbocycles. The Balaban J connectivity index is 2.24. The number of alkyl halides is 1. The van der Waals surface area contributed by atoms with Crippen LogP contribution in [0.5, 0.6) is 0 Å². The van der Waals surface area contributed by atoms with Gasteiger partial charge in [0.05, 0.1) is 5.75 Å². The quantitative estimate of drug-likeness (QED) is 0.749. The van der Waals surface area contributed by atoms with E-state index in [2.05, 4.69) is 20.7 Å². The van der Waals surface area contributed by atoms with E-state index in [0.717, 1.165) is 0 Å². The molecule has 0 aromatic heterocycles. The second-order valence-electron chi connectivity index (χ2n) is 3.11. The molecule has 0 spiro atoms. The van der Waals surface area contributed by atoms with E-state index >= 15 is 0 Å². The Hall–Kier alpha value is 0.390. The van der Waals surface area contributed by atoms with Gasteiger partial charge in [-0.05, 0) is 25.7 Å². The van der Waals surface area contributed by atoms with E-state index in [1.807, 2.05) is 0 Å². The standard InChI is InChI=1S/C7H14BrNO2S/c1-2-12(10,11)9-5-7(8)6-3-4-6/h6-7,9H,2-5H2,1H3. The molecule has 0 amide bonds. The zero-order chi connectivity index (χ0) is 9.19. The van der Waals surface area contributed by atoms with Crippen LogP contribution in [0.1, 0.15) is 19.8 Å². The molecule has 1 saturated carbocycles. The van der Waals surface area contributed by atoms with Crippen molar-refractivity contribution in [2.45, 2.75) is 24.6 Å². The molecule has 0 radical (unpaired) electrons. The fraction of sp³-hybridized carbons (Fsp3) is 1.00. The molecule has 1 unspecified atom stereocenters. The minimum Gasteiger partial charge on any atom is -0.214 e. The Morgan fingerprint density at radius 2 is 2.17 bits per heavy atom. The zero-order valence-electron chi connectivity index (χ0n) is 7.09. The van der Waals surface area contributed by atoms with E-state index in [1.54, 1.807) is 6.92 Å². The van der Waals surface area contributed by atoms with Crippen molar-refractivity contribution in [3.63, 3.8) is 0 Å². The van der Waals surface area contributed by atoms with Crippen LogP contribution in [0.3, 0.4) is 0 Å². The second-order valence-corrected chi connectivity index (χ2v) is 6.38. The number of sulfonamides is 1. The molecule has 0 aliphatic heterocycles. The molecule has 0 saturated heterocycles. The van der Waals surface area contributed by atoms with Gasteiger partial charge in [-0.2, -0.15) is 0 Å². The normalized spacial score (nSPS) is 20.8. The van der Waals surface area contributed by atoms with E-state index in [0.29, 0.717) is 17.3 Å². The highest BCUT2D eigenvalue weighted by atomic mass is 79.9. The van der Waals surface area contributed by atoms with Crippen LogP contribution in [0.4, 0.5) is 0 Å². The summed E-state index contributed by atoms with van der Waals surface area (Å²) in [4.78, 5) is 0.318. The lowest BCUT2D eigenvalue weighted by Crippen LogP contribution is -2.31. The molecule has 5 heteroatoms. The van der Waals surface area contributed by atoms with Crippen molar-refractivity contribution in [3.8, 4) is 0 Å². The molecule has 72 valence electrons.